The SMILES string of the molecule is CC(C[CH]C(=O)N[C@H]1CCCN(S(=O)(=O)C2=NC=CCC2=O)CC1=O)C(N)=O. The lowest BCUT2D eigenvalue weighted by atomic mass is 10.0. The largest absolute Gasteiger partial charge is 0.369 e. The highest BCUT2D eigenvalue weighted by atomic mass is 32.2. The molecule has 1 unspecified atom stereocenters. The molecule has 2 heterocycles. The molecule has 2 amide bonds. The molecule has 11 heteroatoms. The lowest BCUT2D eigenvalue weighted by molar-refractivity contribution is -0.126. The summed E-state index contributed by atoms with van der Waals surface area (Å²) in [6.07, 6.45) is 4.61. The molecule has 0 aromatic heterocycles. The molecule has 0 bridgehead atoms. The highest BCUT2D eigenvalue weighted by molar-refractivity contribution is 8.06. The average Bonchev–Trinajstić information content (AvgIpc) is 2.82. The predicted molar refractivity (Wildman–Crippen MR) is 100 cm³/mol. The molecule has 28 heavy (non-hydrogen) atoms. The minimum atomic E-state index is -4.18. The maximum Gasteiger partial charge on any atom is 0.264 e. The average molecular weight is 411 g/mol. The molecule has 2 rings (SSSR count). The molecule has 10 nitrogen and oxygen atoms in total. The summed E-state index contributed by atoms with van der Waals surface area (Å²) in [7, 11) is -4.18. The van der Waals surface area contributed by atoms with Crippen molar-refractivity contribution in [1.29, 1.82) is 0 Å². The number of nitrogens with two attached hydrogens (primary N) is 1. The third-order valence-corrected chi connectivity index (χ3v) is 6.32. The summed E-state index contributed by atoms with van der Waals surface area (Å²) < 4.78 is 26.3. The Kier molecular flexibility index (Phi) is 7.19. The fourth-order valence-corrected chi connectivity index (χ4v) is 4.23. The topological polar surface area (TPSA) is 156 Å². The number of hydrogen-bond donors (Lipinski definition) is 2. The molecule has 1 fully saturated rings. The molecule has 1 saturated heterocycles. The van der Waals surface area contributed by atoms with Crippen LogP contribution in [0.1, 0.15) is 32.6 Å². The summed E-state index contributed by atoms with van der Waals surface area (Å²) in [4.78, 5) is 51.0. The molecule has 0 saturated carbocycles. The monoisotopic (exact) mass is 411 g/mol. The molecule has 1 radical (unpaired) electrons. The number of nitrogens with one attached hydrogen (secondary N) is 1. The van der Waals surface area contributed by atoms with Crippen LogP contribution in [0.25, 0.3) is 0 Å². The van der Waals surface area contributed by atoms with Crippen LogP contribution in [0.15, 0.2) is 17.3 Å². The van der Waals surface area contributed by atoms with Gasteiger partial charge in [0.2, 0.25) is 16.9 Å². The minimum Gasteiger partial charge on any atom is -0.369 e. The molecule has 0 spiro atoms. The first-order chi connectivity index (χ1) is 13.1. The van der Waals surface area contributed by atoms with E-state index in [4.69, 9.17) is 5.73 Å². The minimum absolute atomic E-state index is 0.0406. The first-order valence-corrected chi connectivity index (χ1v) is 10.3. The fourth-order valence-electron chi connectivity index (χ4n) is 2.76. The van der Waals surface area contributed by atoms with Crippen LogP contribution in [0.4, 0.5) is 0 Å². The number of Topliss-reactive ketones (excluding diaryl/α,β-unsaturated/α-hetero) is 2. The Morgan fingerprint density at radius 1 is 1.43 bits per heavy atom. The standard InChI is InChI=1S/C17H23N4O6S/c1-11(16(18)25)6-7-15(24)20-12-4-3-9-21(10-14(12)23)28(26,27)17-13(22)5-2-8-19-17/h2,7-8,11-12H,3-6,9-10H2,1H3,(H2,18,25)(H,20,24)/t11?,12-/m0/s1. The van der Waals surface area contributed by atoms with E-state index in [1.54, 1.807) is 6.92 Å². The first-order valence-electron chi connectivity index (χ1n) is 8.84. The van der Waals surface area contributed by atoms with Gasteiger partial charge < -0.3 is 11.1 Å². The third-order valence-electron chi connectivity index (χ3n) is 4.50. The molecular formula is C17H23N4O6S. The van der Waals surface area contributed by atoms with Gasteiger partial charge in [0.15, 0.2) is 11.6 Å². The Hall–Kier alpha value is -2.40. The maximum absolute atomic E-state index is 12.7. The number of carbonyl (C=O) groups is 4. The summed E-state index contributed by atoms with van der Waals surface area (Å²) in [5.41, 5.74) is 5.13. The predicted octanol–water partition coefficient (Wildman–Crippen LogP) is -0.933. The van der Waals surface area contributed by atoms with E-state index in [1.807, 2.05) is 0 Å². The first kappa shape index (κ1) is 21.9. The van der Waals surface area contributed by atoms with Crippen LogP contribution >= 0.6 is 0 Å². The molecule has 0 aliphatic carbocycles. The van der Waals surface area contributed by atoms with Crippen molar-refractivity contribution >= 4 is 38.4 Å². The molecule has 2 atom stereocenters. The van der Waals surface area contributed by atoms with Gasteiger partial charge in [-0.25, -0.2) is 13.4 Å². The number of sulfonamides is 1. The fraction of sp³-hybridized carbons (Fsp3) is 0.529. The number of aliphatic imine (C=N–C) groups is 1. The van der Waals surface area contributed by atoms with Gasteiger partial charge >= 0.3 is 0 Å². The smallest absolute Gasteiger partial charge is 0.264 e. The number of carbonyl (C=O) groups excluding carboxylic acids is 4. The van der Waals surface area contributed by atoms with Crippen molar-refractivity contribution in [2.45, 2.75) is 38.6 Å². The molecule has 0 aromatic rings. The van der Waals surface area contributed by atoms with Crippen molar-refractivity contribution < 1.29 is 27.6 Å². The number of primary amides is 1. The maximum atomic E-state index is 12.7. The van der Waals surface area contributed by atoms with Gasteiger partial charge in [-0.15, -0.1) is 0 Å². The van der Waals surface area contributed by atoms with Crippen molar-refractivity contribution in [2.24, 2.45) is 16.6 Å². The Morgan fingerprint density at radius 2 is 2.14 bits per heavy atom. The van der Waals surface area contributed by atoms with E-state index in [-0.39, 0.29) is 25.8 Å². The number of allylic oxidation sites excluding steroid dienone is 1. The van der Waals surface area contributed by atoms with Gasteiger partial charge in [0, 0.05) is 25.1 Å². The lowest BCUT2D eigenvalue weighted by Gasteiger charge is -2.20. The van der Waals surface area contributed by atoms with E-state index in [1.165, 1.54) is 18.7 Å². The molecule has 2 aliphatic rings. The zero-order valence-electron chi connectivity index (χ0n) is 15.5. The van der Waals surface area contributed by atoms with Crippen molar-refractivity contribution in [3.05, 3.63) is 18.7 Å². The summed E-state index contributed by atoms with van der Waals surface area (Å²) in [5.74, 6) is -2.68. The molecule has 3 N–H and O–H groups in total. The zero-order chi connectivity index (χ0) is 20.9. The second-order valence-electron chi connectivity index (χ2n) is 6.70. The van der Waals surface area contributed by atoms with E-state index in [0.717, 1.165) is 4.31 Å². The molecule has 153 valence electrons. The molecular weight excluding hydrogens is 388 g/mol. The van der Waals surface area contributed by atoms with Crippen molar-refractivity contribution in [3.63, 3.8) is 0 Å². The summed E-state index contributed by atoms with van der Waals surface area (Å²) in [5, 5.41) is 1.97. The van der Waals surface area contributed by atoms with E-state index < -0.39 is 57.0 Å². The Balaban J connectivity index is 2.00. The van der Waals surface area contributed by atoms with Crippen molar-refractivity contribution in [1.82, 2.24) is 9.62 Å². The lowest BCUT2D eigenvalue weighted by Crippen LogP contribution is -2.46. The Bertz CT molecular complexity index is 833. The van der Waals surface area contributed by atoms with Gasteiger partial charge in [-0.3, -0.25) is 19.2 Å². The van der Waals surface area contributed by atoms with Crippen LogP contribution in [0.3, 0.4) is 0 Å². The van der Waals surface area contributed by atoms with Crippen LogP contribution in [0, 0.1) is 12.3 Å². The second-order valence-corrected chi connectivity index (χ2v) is 8.55. The van der Waals surface area contributed by atoms with Crippen LogP contribution in [0.5, 0.6) is 0 Å². The second kappa shape index (κ2) is 9.20. The van der Waals surface area contributed by atoms with Crippen LogP contribution < -0.4 is 11.1 Å². The van der Waals surface area contributed by atoms with E-state index >= 15 is 0 Å². The summed E-state index contributed by atoms with van der Waals surface area (Å²) in [6, 6.07) is -0.850. The van der Waals surface area contributed by atoms with Crippen molar-refractivity contribution in [2.75, 3.05) is 13.1 Å². The van der Waals surface area contributed by atoms with Crippen molar-refractivity contribution in [3.8, 4) is 0 Å². The number of nitrogens with zero attached hydrogens (tertiary/aromatic N) is 2. The number of rotatable bonds is 6. The van der Waals surface area contributed by atoms with Crippen LogP contribution in [0.2, 0.25) is 0 Å². The van der Waals surface area contributed by atoms with Gasteiger partial charge in [-0.2, -0.15) is 4.31 Å². The van der Waals surface area contributed by atoms with Crippen LogP contribution in [-0.2, 0) is 29.2 Å². The van der Waals surface area contributed by atoms with E-state index in [9.17, 15) is 27.6 Å². The van der Waals surface area contributed by atoms with E-state index in [2.05, 4.69) is 10.3 Å². The Morgan fingerprint density at radius 3 is 2.79 bits per heavy atom. The highest BCUT2D eigenvalue weighted by Crippen LogP contribution is 2.16. The Labute approximate surface area is 163 Å². The third kappa shape index (κ3) is 5.32. The number of hydrogen-bond acceptors (Lipinski definition) is 7. The summed E-state index contributed by atoms with van der Waals surface area (Å²) in [6.45, 7) is 1.16. The van der Waals surface area contributed by atoms with Gasteiger partial charge in [0.1, 0.15) is 0 Å². The quantitative estimate of drug-likeness (QED) is 0.575. The molecule has 0 aromatic carbocycles. The number of ketones is 2. The highest BCUT2D eigenvalue weighted by Gasteiger charge is 2.37. The zero-order valence-corrected chi connectivity index (χ0v) is 16.3. The normalized spacial score (nSPS) is 22.3. The number of amides is 2. The van der Waals surface area contributed by atoms with Gasteiger partial charge in [0.25, 0.3) is 10.0 Å². The van der Waals surface area contributed by atoms with E-state index in [0.29, 0.717) is 6.42 Å². The van der Waals surface area contributed by atoms with Gasteiger partial charge in [0.05, 0.1) is 19.0 Å². The molecule has 2 aliphatic heterocycles. The van der Waals surface area contributed by atoms with Gasteiger partial charge in [-0.1, -0.05) is 13.0 Å². The van der Waals surface area contributed by atoms with Gasteiger partial charge in [-0.05, 0) is 19.3 Å². The van der Waals surface area contributed by atoms with Crippen LogP contribution in [-0.4, -0.2) is 60.3 Å². The summed E-state index contributed by atoms with van der Waals surface area (Å²) >= 11 is 0.